The van der Waals surface area contributed by atoms with E-state index in [9.17, 15) is 9.50 Å². The van der Waals surface area contributed by atoms with Gasteiger partial charge in [0.25, 0.3) is 0 Å². The Morgan fingerprint density at radius 1 is 1.10 bits per heavy atom. The number of hydrogen-bond donors (Lipinski definition) is 2. The molecular weight excluding hydrogens is 271 g/mol. The predicted octanol–water partition coefficient (Wildman–Crippen LogP) is 2.84. The number of benzene rings is 2. The molecule has 0 heterocycles. The molecule has 0 unspecified atom stereocenters. The average molecular weight is 286 g/mol. The molecule has 0 saturated heterocycles. The fourth-order valence-electron chi connectivity index (χ4n) is 1.66. The maximum Gasteiger partial charge on any atom is 0.142 e. The fraction of sp³-hybridized carbons (Fsp3) is 0.176. The number of halogens is 1. The van der Waals surface area contributed by atoms with E-state index in [1.165, 1.54) is 6.07 Å². The summed E-state index contributed by atoms with van der Waals surface area (Å²) in [6, 6.07) is 11.1. The van der Waals surface area contributed by atoms with Gasteiger partial charge in [0, 0.05) is 12.5 Å². The van der Waals surface area contributed by atoms with Gasteiger partial charge in [0.15, 0.2) is 0 Å². The summed E-state index contributed by atoms with van der Waals surface area (Å²) < 4.78 is 19.3. The second-order valence-corrected chi connectivity index (χ2v) is 4.37. The number of ether oxygens (including phenoxy) is 1. The van der Waals surface area contributed by atoms with Crippen molar-refractivity contribution in [3.05, 3.63) is 59.4 Å². The van der Waals surface area contributed by atoms with Crippen molar-refractivity contribution in [2.45, 2.75) is 13.0 Å². The minimum Gasteiger partial charge on any atom is -0.508 e. The van der Waals surface area contributed by atoms with Gasteiger partial charge in [-0.2, -0.15) is 0 Å². The van der Waals surface area contributed by atoms with Gasteiger partial charge in [-0.15, -0.1) is 0 Å². The highest BCUT2D eigenvalue weighted by Gasteiger charge is 2.03. The number of aliphatic hydroxyl groups excluding tert-OH is 1. The zero-order valence-corrected chi connectivity index (χ0v) is 11.3. The molecule has 3 nitrogen and oxygen atoms in total. The lowest BCUT2D eigenvalue weighted by Crippen LogP contribution is -1.96. The van der Waals surface area contributed by atoms with Crippen LogP contribution in [0.5, 0.6) is 11.5 Å². The summed E-state index contributed by atoms with van der Waals surface area (Å²) in [6.45, 7) is 0.248. The van der Waals surface area contributed by atoms with Crippen LogP contribution >= 0.6 is 0 Å². The number of rotatable bonds is 4. The minimum atomic E-state index is -0.455. The van der Waals surface area contributed by atoms with Crippen LogP contribution in [0.1, 0.15) is 17.5 Å². The fourth-order valence-corrected chi connectivity index (χ4v) is 1.66. The topological polar surface area (TPSA) is 49.7 Å². The first kappa shape index (κ1) is 14.9. The second kappa shape index (κ2) is 7.32. The zero-order valence-electron chi connectivity index (χ0n) is 11.3. The maximum absolute atomic E-state index is 13.8. The van der Waals surface area contributed by atoms with Crippen molar-refractivity contribution in [2.75, 3.05) is 6.61 Å². The van der Waals surface area contributed by atoms with Gasteiger partial charge < -0.3 is 14.9 Å². The third-order valence-electron chi connectivity index (χ3n) is 2.74. The smallest absolute Gasteiger partial charge is 0.142 e. The Morgan fingerprint density at radius 3 is 2.52 bits per heavy atom. The Bertz CT molecular complexity index is 654. The molecule has 2 aromatic carbocycles. The molecule has 2 aromatic rings. The van der Waals surface area contributed by atoms with Gasteiger partial charge in [-0.3, -0.25) is 0 Å². The van der Waals surface area contributed by atoms with Crippen molar-refractivity contribution in [3.8, 4) is 23.3 Å². The van der Waals surface area contributed by atoms with Gasteiger partial charge in [-0.25, -0.2) is 4.39 Å². The number of aromatic hydroxyl groups is 1. The van der Waals surface area contributed by atoms with Crippen LogP contribution in [0.2, 0.25) is 0 Å². The first-order valence-electron chi connectivity index (χ1n) is 6.49. The molecule has 2 N–H and O–H groups in total. The molecule has 0 bridgehead atoms. The highest BCUT2D eigenvalue weighted by molar-refractivity contribution is 5.39. The van der Waals surface area contributed by atoms with Crippen molar-refractivity contribution >= 4 is 0 Å². The number of phenolic OH excluding ortho intramolecular Hbond substituents is 1. The molecule has 0 aliphatic rings. The van der Waals surface area contributed by atoms with Crippen LogP contribution in [0.15, 0.2) is 42.5 Å². The summed E-state index contributed by atoms with van der Waals surface area (Å²) in [5, 5.41) is 17.8. The lowest BCUT2D eigenvalue weighted by Gasteiger charge is -2.07. The van der Waals surface area contributed by atoms with Crippen LogP contribution < -0.4 is 4.74 Å². The van der Waals surface area contributed by atoms with Crippen LogP contribution in [-0.4, -0.2) is 16.8 Å². The molecule has 0 radical (unpaired) electrons. The van der Waals surface area contributed by atoms with E-state index in [4.69, 9.17) is 9.84 Å². The zero-order chi connectivity index (χ0) is 15.1. The van der Waals surface area contributed by atoms with E-state index < -0.39 is 5.82 Å². The highest BCUT2D eigenvalue weighted by Crippen LogP contribution is 2.18. The van der Waals surface area contributed by atoms with E-state index in [1.807, 2.05) is 0 Å². The molecule has 0 aliphatic heterocycles. The summed E-state index contributed by atoms with van der Waals surface area (Å²) in [6.07, 6.45) is 0.318. The van der Waals surface area contributed by atoms with Gasteiger partial charge >= 0.3 is 0 Å². The van der Waals surface area contributed by atoms with Crippen LogP contribution in [0.4, 0.5) is 4.39 Å². The Hall–Kier alpha value is -2.51. The third kappa shape index (κ3) is 4.51. The van der Waals surface area contributed by atoms with Crippen molar-refractivity contribution in [1.29, 1.82) is 0 Å². The molecule has 0 amide bonds. The predicted molar refractivity (Wildman–Crippen MR) is 77.4 cm³/mol. The van der Waals surface area contributed by atoms with Gasteiger partial charge in [-0.1, -0.05) is 24.0 Å². The third-order valence-corrected chi connectivity index (χ3v) is 2.74. The molecule has 0 aromatic heterocycles. The molecule has 0 fully saturated rings. The largest absolute Gasteiger partial charge is 0.508 e. The van der Waals surface area contributed by atoms with E-state index in [-0.39, 0.29) is 24.5 Å². The summed E-state index contributed by atoms with van der Waals surface area (Å²) in [5.41, 5.74) is 1.15. The van der Waals surface area contributed by atoms with Gasteiger partial charge in [0.05, 0.1) is 12.2 Å². The Kier molecular flexibility index (Phi) is 5.19. The normalized spacial score (nSPS) is 9.81. The van der Waals surface area contributed by atoms with Crippen LogP contribution in [0.25, 0.3) is 0 Å². The Morgan fingerprint density at radius 2 is 1.86 bits per heavy atom. The molecule has 0 aliphatic carbocycles. The van der Waals surface area contributed by atoms with Crippen LogP contribution in [0.3, 0.4) is 0 Å². The van der Waals surface area contributed by atoms with Crippen molar-refractivity contribution in [3.63, 3.8) is 0 Å². The first-order valence-corrected chi connectivity index (χ1v) is 6.49. The summed E-state index contributed by atoms with van der Waals surface area (Å²) >= 11 is 0. The monoisotopic (exact) mass is 286 g/mol. The molecular formula is C17H15FO3. The van der Waals surface area contributed by atoms with Crippen molar-refractivity contribution < 1.29 is 19.3 Å². The van der Waals surface area contributed by atoms with E-state index in [1.54, 1.807) is 36.4 Å². The van der Waals surface area contributed by atoms with Crippen molar-refractivity contribution in [2.24, 2.45) is 0 Å². The Balaban J connectivity index is 2.00. The summed E-state index contributed by atoms with van der Waals surface area (Å²) in [7, 11) is 0. The van der Waals surface area contributed by atoms with E-state index >= 15 is 0 Å². The molecule has 0 spiro atoms. The molecule has 0 atom stereocenters. The summed E-state index contributed by atoms with van der Waals surface area (Å²) in [4.78, 5) is 0. The average Bonchev–Trinajstić information content (AvgIpc) is 2.49. The Labute approximate surface area is 122 Å². The first-order chi connectivity index (χ1) is 10.2. The standard InChI is InChI=1S/C17H15FO3/c18-17-11-16(9-6-14(17)3-1-2-10-19)21-12-13-4-7-15(20)8-5-13/h4-9,11,19-20H,2,10,12H2. The quantitative estimate of drug-likeness (QED) is 0.850. The molecule has 4 heteroatoms. The second-order valence-electron chi connectivity index (χ2n) is 4.37. The summed E-state index contributed by atoms with van der Waals surface area (Å²) in [5.74, 6) is 5.47. The number of phenols is 1. The molecule has 108 valence electrons. The van der Waals surface area contributed by atoms with Crippen molar-refractivity contribution in [1.82, 2.24) is 0 Å². The molecule has 21 heavy (non-hydrogen) atoms. The minimum absolute atomic E-state index is 0.0392. The van der Waals surface area contributed by atoms with E-state index in [0.29, 0.717) is 12.2 Å². The molecule has 0 saturated carbocycles. The van der Waals surface area contributed by atoms with Crippen LogP contribution in [0, 0.1) is 17.7 Å². The maximum atomic E-state index is 13.8. The van der Waals surface area contributed by atoms with Gasteiger partial charge in [-0.05, 0) is 29.8 Å². The lowest BCUT2D eigenvalue weighted by atomic mass is 10.2. The molecule has 2 rings (SSSR count). The van der Waals surface area contributed by atoms with E-state index in [0.717, 1.165) is 5.56 Å². The number of hydrogen-bond acceptors (Lipinski definition) is 3. The van der Waals surface area contributed by atoms with Crippen LogP contribution in [-0.2, 0) is 6.61 Å². The lowest BCUT2D eigenvalue weighted by molar-refractivity contribution is 0.304. The van der Waals surface area contributed by atoms with Gasteiger partial charge in [0.1, 0.15) is 23.9 Å². The highest BCUT2D eigenvalue weighted by atomic mass is 19.1. The number of aliphatic hydroxyl groups is 1. The van der Waals surface area contributed by atoms with E-state index in [2.05, 4.69) is 11.8 Å². The van der Waals surface area contributed by atoms with Gasteiger partial charge in [0.2, 0.25) is 0 Å². The SMILES string of the molecule is OCCC#Cc1ccc(OCc2ccc(O)cc2)cc1F.